The molecule has 9 aromatic carbocycles. The minimum absolute atomic E-state index is 0.638. The number of nitriles is 1. The van der Waals surface area contributed by atoms with Crippen LogP contribution in [0.4, 0.5) is 0 Å². The van der Waals surface area contributed by atoms with Crippen LogP contribution in [0.1, 0.15) is 5.56 Å². The molecule has 0 spiro atoms. The fourth-order valence-corrected chi connectivity index (χ4v) is 7.81. The van der Waals surface area contributed by atoms with Crippen LogP contribution in [0, 0.1) is 11.3 Å². The Balaban J connectivity index is 0.980. The van der Waals surface area contributed by atoms with Crippen molar-refractivity contribution in [2.24, 2.45) is 0 Å². The van der Waals surface area contributed by atoms with Gasteiger partial charge in [0.25, 0.3) is 0 Å². The average Bonchev–Trinajstić information content (AvgIpc) is 3.31. The third-order valence-electron chi connectivity index (χ3n) is 10.8. The van der Waals surface area contributed by atoms with Crippen molar-refractivity contribution in [2.45, 2.75) is 0 Å². The maximum absolute atomic E-state index is 9.71. The normalized spacial score (nSPS) is 11.1. The lowest BCUT2D eigenvalue weighted by Crippen LogP contribution is -2.00. The summed E-state index contributed by atoms with van der Waals surface area (Å²) in [4.78, 5) is 14.7. The smallest absolute Gasteiger partial charge is 0.164 e. The summed E-state index contributed by atoms with van der Waals surface area (Å²) in [5, 5.41) is 14.5. The molecule has 270 valence electrons. The molecule has 4 heteroatoms. The van der Waals surface area contributed by atoms with E-state index in [0.29, 0.717) is 23.0 Å². The Kier molecular flexibility index (Phi) is 8.87. The molecule has 0 amide bonds. The molecule has 0 aliphatic carbocycles. The summed E-state index contributed by atoms with van der Waals surface area (Å²) in [7, 11) is 0. The number of nitrogens with zero attached hydrogens (tertiary/aromatic N) is 4. The van der Waals surface area contributed by atoms with Crippen molar-refractivity contribution in [1.29, 1.82) is 5.26 Å². The van der Waals surface area contributed by atoms with Crippen LogP contribution in [0.15, 0.2) is 206 Å². The molecule has 58 heavy (non-hydrogen) atoms. The SMILES string of the molecule is N#Cc1ccccc1-c1ccc(-c2c(-c3ccc4cc(-c5ccc(-c6nc(-c7ccccc7)nc(-c7ccccc7)n6)cc5)ccc4c3)ccc3ccccc23)cc1. The Labute approximate surface area is 337 Å². The van der Waals surface area contributed by atoms with E-state index in [1.807, 2.05) is 84.9 Å². The molecular formula is C54H34N4. The first-order chi connectivity index (χ1) is 28.7. The van der Waals surface area contributed by atoms with Crippen LogP contribution < -0.4 is 0 Å². The number of benzene rings is 9. The van der Waals surface area contributed by atoms with Gasteiger partial charge in [-0.1, -0.05) is 188 Å². The zero-order valence-electron chi connectivity index (χ0n) is 31.4. The number of hydrogen-bond donors (Lipinski definition) is 0. The lowest BCUT2D eigenvalue weighted by atomic mass is 9.88. The topological polar surface area (TPSA) is 62.5 Å². The van der Waals surface area contributed by atoms with E-state index in [4.69, 9.17) is 15.0 Å². The largest absolute Gasteiger partial charge is 0.208 e. The van der Waals surface area contributed by atoms with Crippen LogP contribution in [0.5, 0.6) is 0 Å². The molecule has 10 aromatic rings. The summed E-state index contributed by atoms with van der Waals surface area (Å²) in [6.07, 6.45) is 0. The highest BCUT2D eigenvalue weighted by molar-refractivity contribution is 6.05. The molecule has 0 aliphatic heterocycles. The minimum Gasteiger partial charge on any atom is -0.208 e. The van der Waals surface area contributed by atoms with Crippen LogP contribution in [0.25, 0.3) is 100 Å². The van der Waals surface area contributed by atoms with E-state index in [0.717, 1.165) is 50.1 Å². The third kappa shape index (κ3) is 6.57. The predicted molar refractivity (Wildman–Crippen MR) is 238 cm³/mol. The maximum atomic E-state index is 9.71. The Bertz CT molecular complexity index is 3090. The van der Waals surface area contributed by atoms with Gasteiger partial charge in [0.15, 0.2) is 17.5 Å². The van der Waals surface area contributed by atoms with Crippen molar-refractivity contribution in [2.75, 3.05) is 0 Å². The molecule has 0 N–H and O–H groups in total. The second-order valence-corrected chi connectivity index (χ2v) is 14.3. The fourth-order valence-electron chi connectivity index (χ4n) is 7.81. The van der Waals surface area contributed by atoms with Crippen molar-refractivity contribution in [3.63, 3.8) is 0 Å². The summed E-state index contributed by atoms with van der Waals surface area (Å²) in [5.41, 5.74) is 12.4. The quantitative estimate of drug-likeness (QED) is 0.163. The van der Waals surface area contributed by atoms with E-state index < -0.39 is 0 Å². The van der Waals surface area contributed by atoms with Gasteiger partial charge in [-0.05, 0) is 84.3 Å². The van der Waals surface area contributed by atoms with Crippen LogP contribution >= 0.6 is 0 Å². The van der Waals surface area contributed by atoms with Gasteiger partial charge < -0.3 is 0 Å². The monoisotopic (exact) mass is 738 g/mol. The van der Waals surface area contributed by atoms with Crippen LogP contribution in [-0.4, -0.2) is 15.0 Å². The van der Waals surface area contributed by atoms with Crippen molar-refractivity contribution >= 4 is 21.5 Å². The second kappa shape index (κ2) is 14.9. The molecule has 0 bridgehead atoms. The first kappa shape index (κ1) is 34.5. The summed E-state index contributed by atoms with van der Waals surface area (Å²) in [6, 6.07) is 73.7. The van der Waals surface area contributed by atoms with Gasteiger partial charge in [-0.2, -0.15) is 5.26 Å². The molecule has 0 radical (unpaired) electrons. The molecule has 0 saturated carbocycles. The van der Waals surface area contributed by atoms with Crippen molar-refractivity contribution in [1.82, 2.24) is 15.0 Å². The molecule has 0 atom stereocenters. The molecule has 0 fully saturated rings. The molecule has 0 saturated heterocycles. The van der Waals surface area contributed by atoms with Gasteiger partial charge in [-0.25, -0.2) is 15.0 Å². The van der Waals surface area contributed by atoms with Gasteiger partial charge in [-0.15, -0.1) is 0 Å². The van der Waals surface area contributed by atoms with E-state index in [-0.39, 0.29) is 0 Å². The standard InChI is InChI=1S/C54H34N4/c55-35-47-16-8-9-17-48(47)38-21-23-39(24-22-38)51-49-18-10-7-11-37(49)31-32-50(51)46-30-29-44-33-43(27-28-45(44)34-46)36-19-25-42(26-20-36)54-57-52(40-12-3-1-4-13-40)56-53(58-54)41-14-5-2-6-15-41/h1-34H. The molecule has 10 rings (SSSR count). The first-order valence-electron chi connectivity index (χ1n) is 19.3. The van der Waals surface area contributed by atoms with E-state index in [1.165, 1.54) is 32.7 Å². The number of rotatable bonds is 7. The van der Waals surface area contributed by atoms with Gasteiger partial charge >= 0.3 is 0 Å². The van der Waals surface area contributed by atoms with Crippen molar-refractivity contribution in [3.05, 3.63) is 212 Å². The first-order valence-corrected chi connectivity index (χ1v) is 19.3. The van der Waals surface area contributed by atoms with Gasteiger partial charge in [0.2, 0.25) is 0 Å². The average molecular weight is 739 g/mol. The molecule has 4 nitrogen and oxygen atoms in total. The minimum atomic E-state index is 0.638. The van der Waals surface area contributed by atoms with Crippen LogP contribution in [0.2, 0.25) is 0 Å². The Morgan fingerprint density at radius 2 is 0.776 bits per heavy atom. The summed E-state index contributed by atoms with van der Waals surface area (Å²) >= 11 is 0. The van der Waals surface area contributed by atoms with Gasteiger partial charge in [0.1, 0.15) is 0 Å². The van der Waals surface area contributed by atoms with Gasteiger partial charge in [0, 0.05) is 16.7 Å². The fraction of sp³-hybridized carbons (Fsp3) is 0. The summed E-state index contributed by atoms with van der Waals surface area (Å²) in [5.74, 6) is 1.93. The number of fused-ring (bicyclic) bond motifs is 2. The van der Waals surface area contributed by atoms with E-state index >= 15 is 0 Å². The molecular weight excluding hydrogens is 705 g/mol. The van der Waals surface area contributed by atoms with Gasteiger partial charge in [0.05, 0.1) is 11.6 Å². The second-order valence-electron chi connectivity index (χ2n) is 14.3. The van der Waals surface area contributed by atoms with Gasteiger partial charge in [-0.3, -0.25) is 0 Å². The third-order valence-corrected chi connectivity index (χ3v) is 10.8. The number of hydrogen-bond acceptors (Lipinski definition) is 4. The van der Waals surface area contributed by atoms with E-state index in [9.17, 15) is 5.26 Å². The molecule has 0 aliphatic rings. The molecule has 1 heterocycles. The Morgan fingerprint density at radius 1 is 0.310 bits per heavy atom. The van der Waals surface area contributed by atoms with Crippen molar-refractivity contribution < 1.29 is 0 Å². The predicted octanol–water partition coefficient (Wildman–Crippen LogP) is 13.7. The van der Waals surface area contributed by atoms with Crippen molar-refractivity contribution in [3.8, 4) is 84.7 Å². The molecule has 0 unspecified atom stereocenters. The zero-order chi connectivity index (χ0) is 38.8. The Hall–Kier alpha value is -8.00. The number of aromatic nitrogens is 3. The highest BCUT2D eigenvalue weighted by atomic mass is 15.0. The maximum Gasteiger partial charge on any atom is 0.164 e. The highest BCUT2D eigenvalue weighted by Crippen LogP contribution is 2.40. The zero-order valence-corrected chi connectivity index (χ0v) is 31.4. The highest BCUT2D eigenvalue weighted by Gasteiger charge is 2.15. The lowest BCUT2D eigenvalue weighted by molar-refractivity contribution is 1.07. The lowest BCUT2D eigenvalue weighted by Gasteiger charge is -2.16. The van der Waals surface area contributed by atoms with Crippen LogP contribution in [0.3, 0.4) is 0 Å². The Morgan fingerprint density at radius 3 is 1.43 bits per heavy atom. The summed E-state index contributed by atoms with van der Waals surface area (Å²) < 4.78 is 0. The molecule has 1 aromatic heterocycles. The summed E-state index contributed by atoms with van der Waals surface area (Å²) in [6.45, 7) is 0. The van der Waals surface area contributed by atoms with E-state index in [2.05, 4.69) is 127 Å². The van der Waals surface area contributed by atoms with Crippen LogP contribution in [-0.2, 0) is 0 Å². The van der Waals surface area contributed by atoms with E-state index in [1.54, 1.807) is 0 Å².